The van der Waals surface area contributed by atoms with E-state index in [-0.39, 0.29) is 0 Å². The first kappa shape index (κ1) is 21.8. The molecule has 0 N–H and O–H groups in total. The molecule has 0 spiro atoms. The minimum absolute atomic E-state index is 0.310. The minimum atomic E-state index is -3.55. The summed E-state index contributed by atoms with van der Waals surface area (Å²) in [5, 5.41) is 0. The number of nitrogens with zero attached hydrogens (tertiary/aromatic N) is 5. The predicted octanol–water partition coefficient (Wildman–Crippen LogP) is 2.60. The second-order valence-electron chi connectivity index (χ2n) is 8.11. The van der Waals surface area contributed by atoms with Crippen molar-refractivity contribution in [1.82, 2.24) is 14.3 Å². The normalized spacial score (nSPS) is 17.9. The summed E-state index contributed by atoms with van der Waals surface area (Å²) in [6.45, 7) is 10.3. The third-order valence-corrected chi connectivity index (χ3v) is 7.76. The highest BCUT2D eigenvalue weighted by Gasteiger charge is 2.30. The molecule has 8 nitrogen and oxygen atoms in total. The zero-order valence-electron chi connectivity index (χ0n) is 18.5. The van der Waals surface area contributed by atoms with E-state index in [1.165, 1.54) is 12.8 Å². The molecule has 1 aromatic heterocycles. The average Bonchev–Trinajstić information content (AvgIpc) is 3.30. The SMILES string of the molecule is CCOc1ccc(S(=O)(=O)N2CCN(c3nc(C)cc(N4CCCC4)n3)CC2)cc1C. The molecule has 2 aromatic rings. The first-order chi connectivity index (χ1) is 14.9. The Morgan fingerprint density at radius 1 is 0.935 bits per heavy atom. The molecule has 0 atom stereocenters. The van der Waals surface area contributed by atoms with Gasteiger partial charge >= 0.3 is 0 Å². The predicted molar refractivity (Wildman–Crippen MR) is 122 cm³/mol. The van der Waals surface area contributed by atoms with Gasteiger partial charge in [-0.15, -0.1) is 0 Å². The molecule has 3 heterocycles. The maximum Gasteiger partial charge on any atom is 0.243 e. The van der Waals surface area contributed by atoms with Crippen LogP contribution < -0.4 is 14.5 Å². The Bertz CT molecular complexity index is 1030. The van der Waals surface area contributed by atoms with Crippen molar-refractivity contribution >= 4 is 21.8 Å². The van der Waals surface area contributed by atoms with Crippen LogP contribution in [-0.2, 0) is 10.0 Å². The molecule has 4 rings (SSSR count). The van der Waals surface area contributed by atoms with Crippen LogP contribution in [-0.4, -0.2) is 68.6 Å². The molecule has 2 fully saturated rings. The fraction of sp³-hybridized carbons (Fsp3) is 0.545. The van der Waals surface area contributed by atoms with Gasteiger partial charge < -0.3 is 14.5 Å². The van der Waals surface area contributed by atoms with Crippen LogP contribution in [0.15, 0.2) is 29.2 Å². The van der Waals surface area contributed by atoms with Gasteiger partial charge in [-0.2, -0.15) is 9.29 Å². The maximum atomic E-state index is 13.2. The topological polar surface area (TPSA) is 78.9 Å². The Hall–Kier alpha value is -2.39. The summed E-state index contributed by atoms with van der Waals surface area (Å²) in [5.74, 6) is 2.38. The van der Waals surface area contributed by atoms with Gasteiger partial charge in [0, 0.05) is 51.0 Å². The van der Waals surface area contributed by atoms with Crippen molar-refractivity contribution in [1.29, 1.82) is 0 Å². The van der Waals surface area contributed by atoms with Gasteiger partial charge in [0.2, 0.25) is 16.0 Å². The van der Waals surface area contributed by atoms with Gasteiger partial charge in [-0.25, -0.2) is 13.4 Å². The molecule has 168 valence electrons. The number of benzene rings is 1. The van der Waals surface area contributed by atoms with Crippen LogP contribution in [0.1, 0.15) is 31.0 Å². The van der Waals surface area contributed by atoms with Crippen LogP contribution in [0.3, 0.4) is 0 Å². The van der Waals surface area contributed by atoms with E-state index in [0.29, 0.717) is 43.6 Å². The van der Waals surface area contributed by atoms with E-state index in [9.17, 15) is 8.42 Å². The number of sulfonamides is 1. The van der Waals surface area contributed by atoms with Crippen LogP contribution in [0.2, 0.25) is 0 Å². The van der Waals surface area contributed by atoms with Crippen molar-refractivity contribution in [3.63, 3.8) is 0 Å². The second-order valence-corrected chi connectivity index (χ2v) is 10.1. The molecular weight excluding hydrogens is 414 g/mol. The highest BCUT2D eigenvalue weighted by molar-refractivity contribution is 7.89. The van der Waals surface area contributed by atoms with Gasteiger partial charge in [-0.3, -0.25) is 0 Å². The van der Waals surface area contributed by atoms with E-state index in [0.717, 1.165) is 35.9 Å². The van der Waals surface area contributed by atoms with Crippen molar-refractivity contribution in [2.24, 2.45) is 0 Å². The number of ether oxygens (including phenoxy) is 1. The number of rotatable bonds is 6. The van der Waals surface area contributed by atoms with Crippen LogP contribution in [0.25, 0.3) is 0 Å². The van der Waals surface area contributed by atoms with Gasteiger partial charge in [0.05, 0.1) is 11.5 Å². The maximum absolute atomic E-state index is 13.2. The number of hydrogen-bond acceptors (Lipinski definition) is 7. The molecule has 2 aliphatic heterocycles. The van der Waals surface area contributed by atoms with Gasteiger partial charge in [0.15, 0.2) is 0 Å². The molecule has 0 radical (unpaired) electrons. The zero-order valence-corrected chi connectivity index (χ0v) is 19.4. The molecule has 9 heteroatoms. The Balaban J connectivity index is 1.46. The standard InChI is InChI=1S/C22H31N5O3S/c1-4-30-20-8-7-19(15-17(20)2)31(28,29)27-13-11-26(12-14-27)22-23-18(3)16-21(24-22)25-9-5-6-10-25/h7-8,15-16H,4-6,9-14H2,1-3H3. The Kier molecular flexibility index (Phi) is 6.34. The van der Waals surface area contributed by atoms with E-state index in [4.69, 9.17) is 9.72 Å². The summed E-state index contributed by atoms with van der Waals surface area (Å²) in [7, 11) is -3.55. The van der Waals surface area contributed by atoms with E-state index in [1.54, 1.807) is 22.5 Å². The van der Waals surface area contributed by atoms with E-state index < -0.39 is 10.0 Å². The van der Waals surface area contributed by atoms with Crippen molar-refractivity contribution in [3.05, 3.63) is 35.5 Å². The molecule has 1 aromatic carbocycles. The average molecular weight is 446 g/mol. The molecule has 0 saturated carbocycles. The second kappa shape index (κ2) is 9.00. The van der Waals surface area contributed by atoms with E-state index in [2.05, 4.69) is 14.8 Å². The fourth-order valence-corrected chi connectivity index (χ4v) is 5.67. The number of anilines is 2. The highest BCUT2D eigenvalue weighted by Crippen LogP contribution is 2.26. The lowest BCUT2D eigenvalue weighted by Gasteiger charge is -2.34. The molecular formula is C22H31N5O3S. The first-order valence-corrected chi connectivity index (χ1v) is 12.4. The summed E-state index contributed by atoms with van der Waals surface area (Å²) in [4.78, 5) is 14.1. The summed E-state index contributed by atoms with van der Waals surface area (Å²) in [6.07, 6.45) is 2.39. The van der Waals surface area contributed by atoms with Gasteiger partial charge in [0.1, 0.15) is 11.6 Å². The number of aromatic nitrogens is 2. The third kappa shape index (κ3) is 4.62. The minimum Gasteiger partial charge on any atom is -0.494 e. The van der Waals surface area contributed by atoms with Crippen LogP contribution in [0, 0.1) is 13.8 Å². The number of aryl methyl sites for hydroxylation is 2. The Morgan fingerprint density at radius 3 is 2.29 bits per heavy atom. The lowest BCUT2D eigenvalue weighted by molar-refractivity contribution is 0.337. The molecule has 2 aliphatic rings. The van der Waals surface area contributed by atoms with Crippen molar-refractivity contribution < 1.29 is 13.2 Å². The van der Waals surface area contributed by atoms with Crippen molar-refractivity contribution in [3.8, 4) is 5.75 Å². The highest BCUT2D eigenvalue weighted by atomic mass is 32.2. The zero-order chi connectivity index (χ0) is 22.0. The molecule has 2 saturated heterocycles. The molecule has 31 heavy (non-hydrogen) atoms. The molecule has 0 aliphatic carbocycles. The van der Waals surface area contributed by atoms with Crippen LogP contribution in [0.5, 0.6) is 5.75 Å². The van der Waals surface area contributed by atoms with Crippen LogP contribution >= 0.6 is 0 Å². The smallest absolute Gasteiger partial charge is 0.243 e. The Labute approximate surface area is 184 Å². The fourth-order valence-electron chi connectivity index (χ4n) is 4.16. The van der Waals surface area contributed by atoms with Crippen molar-refractivity contribution in [2.45, 2.75) is 38.5 Å². The lowest BCUT2D eigenvalue weighted by Crippen LogP contribution is -2.49. The van der Waals surface area contributed by atoms with Gasteiger partial charge in [0.25, 0.3) is 0 Å². The van der Waals surface area contributed by atoms with Crippen molar-refractivity contribution in [2.75, 3.05) is 55.7 Å². The third-order valence-electron chi connectivity index (χ3n) is 5.86. The summed E-state index contributed by atoms with van der Waals surface area (Å²) in [5.41, 5.74) is 1.76. The quantitative estimate of drug-likeness (QED) is 0.676. The number of piperazine rings is 1. The monoisotopic (exact) mass is 445 g/mol. The first-order valence-electron chi connectivity index (χ1n) is 11.0. The molecule has 0 amide bonds. The van der Waals surface area contributed by atoms with Gasteiger partial charge in [-0.1, -0.05) is 0 Å². The largest absolute Gasteiger partial charge is 0.494 e. The number of hydrogen-bond donors (Lipinski definition) is 0. The summed E-state index contributed by atoms with van der Waals surface area (Å²) < 4.78 is 33.4. The lowest BCUT2D eigenvalue weighted by atomic mass is 10.2. The Morgan fingerprint density at radius 2 is 1.65 bits per heavy atom. The van der Waals surface area contributed by atoms with Gasteiger partial charge in [-0.05, 0) is 57.4 Å². The molecule has 0 bridgehead atoms. The van der Waals surface area contributed by atoms with E-state index in [1.807, 2.05) is 26.8 Å². The van der Waals surface area contributed by atoms with E-state index >= 15 is 0 Å². The van der Waals surface area contributed by atoms with Crippen LogP contribution in [0.4, 0.5) is 11.8 Å². The molecule has 0 unspecified atom stereocenters. The summed E-state index contributed by atoms with van der Waals surface area (Å²) in [6, 6.07) is 7.09. The summed E-state index contributed by atoms with van der Waals surface area (Å²) >= 11 is 0.